The van der Waals surface area contributed by atoms with Crippen molar-refractivity contribution in [3.63, 3.8) is 0 Å². The van der Waals surface area contributed by atoms with Crippen LogP contribution in [0.1, 0.15) is 78.6 Å². The summed E-state index contributed by atoms with van der Waals surface area (Å²) in [6.07, 6.45) is 11.7. The highest BCUT2D eigenvalue weighted by Gasteiger charge is 2.17. The number of hydrogen-bond donors (Lipinski definition) is 2. The van der Waals surface area contributed by atoms with Gasteiger partial charge in [-0.05, 0) is 31.3 Å². The van der Waals surface area contributed by atoms with Crippen molar-refractivity contribution in [1.82, 2.24) is 5.32 Å². The summed E-state index contributed by atoms with van der Waals surface area (Å²) >= 11 is 0. The Balaban J connectivity index is 3.32. The van der Waals surface area contributed by atoms with Gasteiger partial charge in [0.25, 0.3) is 0 Å². The minimum Gasteiger partial charge on any atom is -0.330 e. The molecule has 0 rings (SSSR count). The van der Waals surface area contributed by atoms with Crippen LogP contribution < -0.4 is 11.1 Å². The summed E-state index contributed by atoms with van der Waals surface area (Å²) in [6.45, 7) is 8.68. The van der Waals surface area contributed by atoms with Crippen LogP contribution in [0.3, 0.4) is 0 Å². The molecular weight excluding hydrogens is 260 g/mol. The number of carbonyl (C=O) groups excluding carboxylic acids is 1. The van der Waals surface area contributed by atoms with E-state index >= 15 is 0 Å². The number of rotatable bonds is 13. The third-order valence-corrected chi connectivity index (χ3v) is 3.89. The Morgan fingerprint density at radius 2 is 1.38 bits per heavy atom. The molecule has 3 nitrogen and oxygen atoms in total. The zero-order valence-electron chi connectivity index (χ0n) is 14.5. The summed E-state index contributed by atoms with van der Waals surface area (Å²) in [5.74, 6) is 2.08. The van der Waals surface area contributed by atoms with E-state index in [1.807, 2.05) is 0 Å². The van der Waals surface area contributed by atoms with Gasteiger partial charge in [0.15, 0.2) is 0 Å². The second-order valence-corrected chi connectivity index (χ2v) is 6.98. The molecule has 3 heteroatoms. The molecule has 0 saturated carbocycles. The topological polar surface area (TPSA) is 55.1 Å². The average Bonchev–Trinajstić information content (AvgIpc) is 2.42. The van der Waals surface area contributed by atoms with Crippen LogP contribution in [0.2, 0.25) is 0 Å². The first-order valence-corrected chi connectivity index (χ1v) is 8.67. The van der Waals surface area contributed by atoms with Gasteiger partial charge in [0.2, 0.25) is 0 Å². The molecule has 3 N–H and O–H groups in total. The smallest absolute Gasteiger partial charge is 0.125 e. The predicted octanol–water partition coefficient (Wildman–Crippen LogP) is 3.85. The Kier molecular flexibility index (Phi) is 12.7. The summed E-state index contributed by atoms with van der Waals surface area (Å²) < 4.78 is 0. The molecule has 0 atom stereocenters. The lowest BCUT2D eigenvalue weighted by Gasteiger charge is -2.19. The molecule has 0 heterocycles. The van der Waals surface area contributed by atoms with Gasteiger partial charge in [0, 0.05) is 12.1 Å². The molecule has 0 spiro atoms. The van der Waals surface area contributed by atoms with Crippen molar-refractivity contribution in [3.05, 3.63) is 5.57 Å². The lowest BCUT2D eigenvalue weighted by atomic mass is 9.87. The number of unbranched alkanes of at least 4 members (excludes halogenated alkanes) is 8. The minimum atomic E-state index is -0.0708. The van der Waals surface area contributed by atoms with Crippen LogP contribution in [0.25, 0.3) is 0 Å². The maximum Gasteiger partial charge on any atom is 0.125 e. The fourth-order valence-corrected chi connectivity index (χ4v) is 2.30. The highest BCUT2D eigenvalue weighted by molar-refractivity contribution is 5.55. The van der Waals surface area contributed by atoms with Gasteiger partial charge in [-0.2, -0.15) is 0 Å². The lowest BCUT2D eigenvalue weighted by molar-refractivity contribution is 0.471. The highest BCUT2D eigenvalue weighted by Crippen LogP contribution is 2.21. The first kappa shape index (κ1) is 20.4. The number of nitrogens with two attached hydrogens (primary N) is 1. The Morgan fingerprint density at radius 1 is 0.905 bits per heavy atom. The van der Waals surface area contributed by atoms with E-state index in [1.54, 1.807) is 0 Å². The summed E-state index contributed by atoms with van der Waals surface area (Å²) in [7, 11) is 0. The molecule has 0 aliphatic carbocycles. The monoisotopic (exact) mass is 296 g/mol. The molecule has 0 fully saturated rings. The van der Waals surface area contributed by atoms with Crippen molar-refractivity contribution >= 4 is 5.94 Å². The van der Waals surface area contributed by atoms with E-state index < -0.39 is 0 Å². The van der Waals surface area contributed by atoms with Gasteiger partial charge in [-0.3, -0.25) is 0 Å². The third-order valence-electron chi connectivity index (χ3n) is 3.89. The Labute approximate surface area is 131 Å². The Bertz CT molecular complexity index is 288. The van der Waals surface area contributed by atoms with E-state index in [4.69, 9.17) is 5.73 Å². The van der Waals surface area contributed by atoms with Crippen molar-refractivity contribution in [2.75, 3.05) is 19.6 Å². The molecule has 0 aliphatic rings. The van der Waals surface area contributed by atoms with E-state index in [0.717, 1.165) is 18.7 Å². The fourth-order valence-electron chi connectivity index (χ4n) is 2.30. The van der Waals surface area contributed by atoms with Crippen molar-refractivity contribution < 1.29 is 4.79 Å². The summed E-state index contributed by atoms with van der Waals surface area (Å²) in [6, 6.07) is 0. The fraction of sp³-hybridized carbons (Fsp3) is 0.889. The first-order chi connectivity index (χ1) is 10.0. The zero-order valence-corrected chi connectivity index (χ0v) is 14.5. The van der Waals surface area contributed by atoms with Gasteiger partial charge in [-0.15, -0.1) is 0 Å². The van der Waals surface area contributed by atoms with Crippen LogP contribution in [-0.2, 0) is 4.79 Å². The van der Waals surface area contributed by atoms with E-state index in [1.165, 1.54) is 57.8 Å². The van der Waals surface area contributed by atoms with Crippen LogP contribution in [0.15, 0.2) is 5.57 Å². The number of nitrogens with one attached hydrogen (secondary N) is 1. The normalized spacial score (nSPS) is 11.4. The second-order valence-electron chi connectivity index (χ2n) is 6.98. The molecule has 0 radical (unpaired) electrons. The summed E-state index contributed by atoms with van der Waals surface area (Å²) in [5, 5.41) is 3.36. The Hall–Kier alpha value is -0.630. The molecule has 0 unspecified atom stereocenters. The second kappa shape index (κ2) is 13.1. The molecule has 21 heavy (non-hydrogen) atoms. The SMILES string of the molecule is CC(C)(C)C(=C=O)CNCCCCCCCCCCCN. The van der Waals surface area contributed by atoms with Gasteiger partial charge in [-0.1, -0.05) is 65.7 Å². The maximum atomic E-state index is 10.9. The van der Waals surface area contributed by atoms with Crippen LogP contribution in [0, 0.1) is 5.41 Å². The highest BCUT2D eigenvalue weighted by atomic mass is 16.1. The van der Waals surface area contributed by atoms with Crippen molar-refractivity contribution in [2.24, 2.45) is 11.1 Å². The molecule has 0 aromatic carbocycles. The molecule has 0 aromatic rings. The molecule has 0 amide bonds. The molecule has 0 bridgehead atoms. The third kappa shape index (κ3) is 12.8. The van der Waals surface area contributed by atoms with E-state index in [0.29, 0.717) is 6.54 Å². The quantitative estimate of drug-likeness (QED) is 0.401. The van der Waals surface area contributed by atoms with Crippen LogP contribution in [-0.4, -0.2) is 25.6 Å². The van der Waals surface area contributed by atoms with Crippen molar-refractivity contribution in [1.29, 1.82) is 0 Å². The van der Waals surface area contributed by atoms with Gasteiger partial charge < -0.3 is 11.1 Å². The molecule has 0 aromatic heterocycles. The van der Waals surface area contributed by atoms with Crippen LogP contribution in [0.5, 0.6) is 0 Å². The lowest BCUT2D eigenvalue weighted by Crippen LogP contribution is -2.25. The van der Waals surface area contributed by atoms with E-state index in [2.05, 4.69) is 32.0 Å². The van der Waals surface area contributed by atoms with E-state index in [-0.39, 0.29) is 5.41 Å². The first-order valence-electron chi connectivity index (χ1n) is 8.67. The largest absolute Gasteiger partial charge is 0.330 e. The zero-order chi connectivity index (χ0) is 16.0. The van der Waals surface area contributed by atoms with E-state index in [9.17, 15) is 4.79 Å². The van der Waals surface area contributed by atoms with Gasteiger partial charge >= 0.3 is 0 Å². The minimum absolute atomic E-state index is 0.0708. The summed E-state index contributed by atoms with van der Waals surface area (Å²) in [4.78, 5) is 10.9. The summed E-state index contributed by atoms with van der Waals surface area (Å²) in [5.41, 5.74) is 6.23. The molecule has 0 saturated heterocycles. The molecule has 124 valence electrons. The Morgan fingerprint density at radius 3 is 1.81 bits per heavy atom. The standard InChI is InChI=1S/C18H36N2O/c1-18(2,3)17(16-21)15-20-14-12-10-8-6-4-5-7-9-11-13-19/h20H,4-15,19H2,1-3H3. The van der Waals surface area contributed by atoms with Gasteiger partial charge in [-0.25, -0.2) is 4.79 Å². The van der Waals surface area contributed by atoms with Crippen molar-refractivity contribution in [2.45, 2.75) is 78.6 Å². The maximum absolute atomic E-state index is 10.9. The molecular formula is C18H36N2O. The number of hydrogen-bond acceptors (Lipinski definition) is 3. The predicted molar refractivity (Wildman–Crippen MR) is 92.1 cm³/mol. The van der Waals surface area contributed by atoms with Gasteiger partial charge in [0.1, 0.15) is 5.94 Å². The molecule has 0 aliphatic heterocycles. The van der Waals surface area contributed by atoms with Crippen LogP contribution in [0.4, 0.5) is 0 Å². The van der Waals surface area contributed by atoms with Crippen LogP contribution >= 0.6 is 0 Å². The average molecular weight is 296 g/mol. The van der Waals surface area contributed by atoms with Crippen molar-refractivity contribution in [3.8, 4) is 0 Å². The van der Waals surface area contributed by atoms with Gasteiger partial charge in [0.05, 0.1) is 0 Å².